The molecule has 2 atom stereocenters. The molecule has 0 aromatic carbocycles. The number of nitrogens with zero attached hydrogens (tertiary/aromatic N) is 1. The predicted molar refractivity (Wildman–Crippen MR) is 88.6 cm³/mol. The van der Waals surface area contributed by atoms with Gasteiger partial charge in [-0.2, -0.15) is 5.10 Å². The molecule has 0 radical (unpaired) electrons. The van der Waals surface area contributed by atoms with Crippen molar-refractivity contribution in [3.63, 3.8) is 0 Å². The Bertz CT molecular complexity index is 519. The molecular formula is C16H23N3OS. The van der Waals surface area contributed by atoms with Crippen molar-refractivity contribution in [3.05, 3.63) is 23.7 Å². The molecule has 2 aliphatic carbocycles. The van der Waals surface area contributed by atoms with E-state index in [0.717, 1.165) is 17.4 Å². The van der Waals surface area contributed by atoms with E-state index in [2.05, 4.69) is 22.8 Å². The minimum Gasteiger partial charge on any atom is -0.460 e. The maximum Gasteiger partial charge on any atom is 0.187 e. The van der Waals surface area contributed by atoms with Crippen LogP contribution in [-0.4, -0.2) is 17.4 Å². The second kappa shape index (κ2) is 6.60. The van der Waals surface area contributed by atoms with Crippen molar-refractivity contribution >= 4 is 23.5 Å². The molecule has 5 heteroatoms. The van der Waals surface area contributed by atoms with Crippen LogP contribution in [0.25, 0.3) is 0 Å². The fourth-order valence-corrected chi connectivity index (χ4v) is 3.19. The van der Waals surface area contributed by atoms with E-state index in [1.54, 1.807) is 6.21 Å². The summed E-state index contributed by atoms with van der Waals surface area (Å²) in [6.07, 6.45) is 9.25. The van der Waals surface area contributed by atoms with Gasteiger partial charge in [0.1, 0.15) is 11.5 Å². The van der Waals surface area contributed by atoms with Gasteiger partial charge in [-0.1, -0.05) is 26.2 Å². The number of hydrazone groups is 1. The molecule has 1 aromatic rings. The molecule has 0 spiro atoms. The van der Waals surface area contributed by atoms with Crippen LogP contribution in [0.2, 0.25) is 0 Å². The highest BCUT2D eigenvalue weighted by atomic mass is 32.1. The first-order valence-corrected chi connectivity index (χ1v) is 8.32. The largest absolute Gasteiger partial charge is 0.460 e. The summed E-state index contributed by atoms with van der Waals surface area (Å²) in [5, 5.41) is 8.06. The topological polar surface area (TPSA) is 49.6 Å². The molecule has 2 fully saturated rings. The van der Waals surface area contributed by atoms with Crippen molar-refractivity contribution in [2.75, 3.05) is 0 Å². The number of nitrogens with one attached hydrogen (secondary N) is 2. The van der Waals surface area contributed by atoms with Gasteiger partial charge >= 0.3 is 0 Å². The second-order valence-electron chi connectivity index (χ2n) is 6.24. The molecule has 2 aliphatic rings. The minimum atomic E-state index is 0.500. The van der Waals surface area contributed by atoms with Gasteiger partial charge in [0.25, 0.3) is 0 Å². The van der Waals surface area contributed by atoms with Crippen LogP contribution in [0, 0.1) is 5.92 Å². The summed E-state index contributed by atoms with van der Waals surface area (Å²) in [5.41, 5.74) is 2.87. The van der Waals surface area contributed by atoms with Crippen LogP contribution < -0.4 is 10.7 Å². The molecule has 21 heavy (non-hydrogen) atoms. The van der Waals surface area contributed by atoms with Crippen molar-refractivity contribution in [2.24, 2.45) is 11.0 Å². The third-order valence-corrected chi connectivity index (χ3v) is 4.63. The Morgan fingerprint density at radius 3 is 2.81 bits per heavy atom. The number of thiocarbonyl (C=S) groups is 1. The monoisotopic (exact) mass is 305 g/mol. The van der Waals surface area contributed by atoms with E-state index >= 15 is 0 Å². The summed E-state index contributed by atoms with van der Waals surface area (Å²) < 4.78 is 5.76. The number of rotatable bonds is 4. The van der Waals surface area contributed by atoms with E-state index in [9.17, 15) is 0 Å². The average molecular weight is 305 g/mol. The summed E-state index contributed by atoms with van der Waals surface area (Å²) in [7, 11) is 0. The van der Waals surface area contributed by atoms with Crippen LogP contribution in [0.3, 0.4) is 0 Å². The molecule has 4 nitrogen and oxygen atoms in total. The summed E-state index contributed by atoms with van der Waals surface area (Å²) >= 11 is 5.26. The lowest BCUT2D eigenvalue weighted by Gasteiger charge is -2.23. The van der Waals surface area contributed by atoms with Crippen LogP contribution in [0.1, 0.15) is 62.9 Å². The molecular weight excluding hydrogens is 282 g/mol. The first-order chi connectivity index (χ1) is 10.2. The van der Waals surface area contributed by atoms with Gasteiger partial charge in [0.05, 0.1) is 6.21 Å². The summed E-state index contributed by atoms with van der Waals surface area (Å²) in [6.45, 7) is 2.25. The number of furan rings is 1. The zero-order chi connectivity index (χ0) is 14.7. The lowest BCUT2D eigenvalue weighted by molar-refractivity contribution is 0.412. The molecule has 0 aliphatic heterocycles. The van der Waals surface area contributed by atoms with Gasteiger partial charge in [-0.3, -0.25) is 5.43 Å². The van der Waals surface area contributed by atoms with E-state index in [1.165, 1.54) is 38.5 Å². The Hall–Kier alpha value is -1.36. The van der Waals surface area contributed by atoms with Crippen LogP contribution in [-0.2, 0) is 0 Å². The van der Waals surface area contributed by atoms with Gasteiger partial charge < -0.3 is 9.73 Å². The Labute approximate surface area is 131 Å². The van der Waals surface area contributed by atoms with Crippen molar-refractivity contribution in [2.45, 2.75) is 57.4 Å². The molecule has 114 valence electrons. The van der Waals surface area contributed by atoms with Crippen molar-refractivity contribution in [1.82, 2.24) is 10.7 Å². The molecule has 0 unspecified atom stereocenters. The van der Waals surface area contributed by atoms with Crippen LogP contribution >= 0.6 is 12.2 Å². The van der Waals surface area contributed by atoms with Gasteiger partial charge in [0.15, 0.2) is 5.11 Å². The fourth-order valence-electron chi connectivity index (χ4n) is 2.97. The van der Waals surface area contributed by atoms with Gasteiger partial charge in [-0.25, -0.2) is 0 Å². The minimum absolute atomic E-state index is 0.500. The average Bonchev–Trinajstić information content (AvgIpc) is 3.02. The molecule has 2 saturated carbocycles. The van der Waals surface area contributed by atoms with Crippen LogP contribution in [0.15, 0.2) is 21.7 Å². The molecule has 1 aromatic heterocycles. The molecule has 2 N–H and O–H groups in total. The molecule has 0 amide bonds. The van der Waals surface area contributed by atoms with Gasteiger partial charge in [0, 0.05) is 12.0 Å². The molecule has 1 heterocycles. The fraction of sp³-hybridized carbons (Fsp3) is 0.625. The predicted octanol–water partition coefficient (Wildman–Crippen LogP) is 3.53. The van der Waals surface area contributed by atoms with E-state index < -0.39 is 0 Å². The highest BCUT2D eigenvalue weighted by Gasteiger charge is 2.36. The maximum absolute atomic E-state index is 5.76. The standard InChI is InChI=1S/C16H23N3OS/c1-11-9-14(11)15-8-7-13(20-15)10-17-19-16(21)18-12-5-3-2-4-6-12/h7-8,10-12,14H,2-6,9H2,1H3,(H2,18,19,21)/b17-10-/t11-,14+/m1/s1. The highest BCUT2D eigenvalue weighted by molar-refractivity contribution is 7.80. The van der Waals surface area contributed by atoms with E-state index in [4.69, 9.17) is 16.6 Å². The number of hydrogen-bond donors (Lipinski definition) is 2. The third-order valence-electron chi connectivity index (χ3n) is 4.42. The maximum atomic E-state index is 5.76. The lowest BCUT2D eigenvalue weighted by atomic mass is 9.96. The van der Waals surface area contributed by atoms with E-state index in [1.807, 2.05) is 12.1 Å². The summed E-state index contributed by atoms with van der Waals surface area (Å²) in [5.74, 6) is 3.21. The van der Waals surface area contributed by atoms with Crippen LogP contribution in [0.4, 0.5) is 0 Å². The van der Waals surface area contributed by atoms with Gasteiger partial charge in [-0.05, 0) is 49.5 Å². The Morgan fingerprint density at radius 1 is 1.33 bits per heavy atom. The zero-order valence-electron chi connectivity index (χ0n) is 12.5. The first kappa shape index (κ1) is 14.6. The Morgan fingerprint density at radius 2 is 2.10 bits per heavy atom. The lowest BCUT2D eigenvalue weighted by Crippen LogP contribution is -2.40. The molecule has 0 bridgehead atoms. The quantitative estimate of drug-likeness (QED) is 0.507. The summed E-state index contributed by atoms with van der Waals surface area (Å²) in [6, 6.07) is 4.51. The summed E-state index contributed by atoms with van der Waals surface area (Å²) in [4.78, 5) is 0. The highest BCUT2D eigenvalue weighted by Crippen LogP contribution is 2.47. The zero-order valence-corrected chi connectivity index (χ0v) is 13.3. The van der Waals surface area contributed by atoms with Crippen molar-refractivity contribution in [1.29, 1.82) is 0 Å². The Kier molecular flexibility index (Phi) is 4.58. The first-order valence-electron chi connectivity index (χ1n) is 7.91. The molecule has 3 rings (SSSR count). The second-order valence-corrected chi connectivity index (χ2v) is 6.65. The van der Waals surface area contributed by atoms with E-state index in [-0.39, 0.29) is 0 Å². The normalized spacial score (nSPS) is 26.0. The Balaban J connectivity index is 1.43. The molecule has 0 saturated heterocycles. The smallest absolute Gasteiger partial charge is 0.187 e. The van der Waals surface area contributed by atoms with Gasteiger partial charge in [0.2, 0.25) is 0 Å². The third kappa shape index (κ3) is 4.06. The van der Waals surface area contributed by atoms with E-state index in [0.29, 0.717) is 17.1 Å². The SMILES string of the molecule is C[C@@H]1C[C@@H]1c1ccc(/C=N\NC(=S)NC2CCCCC2)o1. The van der Waals surface area contributed by atoms with Crippen molar-refractivity contribution in [3.8, 4) is 0 Å². The van der Waals surface area contributed by atoms with Crippen LogP contribution in [0.5, 0.6) is 0 Å². The van der Waals surface area contributed by atoms with Gasteiger partial charge in [-0.15, -0.1) is 0 Å². The van der Waals surface area contributed by atoms with Crippen molar-refractivity contribution < 1.29 is 4.42 Å². The number of hydrogen-bond acceptors (Lipinski definition) is 3.